The lowest BCUT2D eigenvalue weighted by atomic mass is 10.0. The molecule has 0 saturated heterocycles. The monoisotopic (exact) mass is 341 g/mol. The smallest absolute Gasteiger partial charge is 0.223 e. The number of sulfone groups is 1. The van der Waals surface area contributed by atoms with Crippen molar-refractivity contribution in [1.29, 1.82) is 0 Å². The molecule has 130 valence electrons. The van der Waals surface area contributed by atoms with Crippen LogP contribution in [-0.2, 0) is 14.6 Å². The van der Waals surface area contributed by atoms with Crippen molar-refractivity contribution in [3.8, 4) is 5.75 Å². The molecule has 6 heteroatoms. The van der Waals surface area contributed by atoms with Crippen LogP contribution in [0.1, 0.15) is 45.6 Å². The summed E-state index contributed by atoms with van der Waals surface area (Å²) < 4.78 is 28.5. The molecule has 1 unspecified atom stereocenters. The van der Waals surface area contributed by atoms with Gasteiger partial charge in [-0.15, -0.1) is 0 Å². The summed E-state index contributed by atoms with van der Waals surface area (Å²) in [7, 11) is -3.09. The summed E-state index contributed by atoms with van der Waals surface area (Å²) in [6, 6.07) is 7.42. The quantitative estimate of drug-likeness (QED) is 0.749. The van der Waals surface area contributed by atoms with Gasteiger partial charge in [-0.1, -0.05) is 32.9 Å². The van der Waals surface area contributed by atoms with Crippen LogP contribution in [0.4, 0.5) is 0 Å². The molecule has 0 spiro atoms. The van der Waals surface area contributed by atoms with Crippen molar-refractivity contribution in [1.82, 2.24) is 5.32 Å². The number of ether oxygens (including phenoxy) is 1. The predicted octanol–water partition coefficient (Wildman–Crippen LogP) is 2.52. The molecule has 1 amide bonds. The highest BCUT2D eigenvalue weighted by atomic mass is 32.2. The summed E-state index contributed by atoms with van der Waals surface area (Å²) in [5.41, 5.74) is 1.24. The molecule has 5 nitrogen and oxygen atoms in total. The molecule has 1 aromatic carbocycles. The van der Waals surface area contributed by atoms with E-state index in [9.17, 15) is 13.2 Å². The average Bonchev–Trinajstić information content (AvgIpc) is 2.47. The Morgan fingerprint density at radius 3 is 2.30 bits per heavy atom. The summed E-state index contributed by atoms with van der Waals surface area (Å²) in [5.74, 6) is 1.04. The Morgan fingerprint density at radius 1 is 1.17 bits per heavy atom. The number of benzene rings is 1. The van der Waals surface area contributed by atoms with E-state index in [-0.39, 0.29) is 30.4 Å². The fourth-order valence-electron chi connectivity index (χ4n) is 2.10. The van der Waals surface area contributed by atoms with E-state index < -0.39 is 15.9 Å². The van der Waals surface area contributed by atoms with Gasteiger partial charge in [0.2, 0.25) is 5.91 Å². The molecule has 1 atom stereocenters. The van der Waals surface area contributed by atoms with Gasteiger partial charge < -0.3 is 10.1 Å². The van der Waals surface area contributed by atoms with E-state index in [0.717, 1.165) is 5.75 Å². The lowest BCUT2D eigenvalue weighted by Gasteiger charge is -2.14. The normalized spacial score (nSPS) is 12.9. The summed E-state index contributed by atoms with van der Waals surface area (Å²) in [6.07, 6.45) is 0.197. The van der Waals surface area contributed by atoms with Gasteiger partial charge in [-0.25, -0.2) is 8.42 Å². The molecule has 0 fully saturated rings. The number of nitrogens with one attached hydrogen (secondary N) is 1. The highest BCUT2D eigenvalue weighted by Gasteiger charge is 2.15. The lowest BCUT2D eigenvalue weighted by Crippen LogP contribution is -2.38. The zero-order valence-corrected chi connectivity index (χ0v) is 15.2. The Bertz CT molecular complexity index is 594. The van der Waals surface area contributed by atoms with Crippen molar-refractivity contribution in [2.24, 2.45) is 0 Å². The first-order valence-electron chi connectivity index (χ1n) is 7.96. The van der Waals surface area contributed by atoms with Crippen LogP contribution in [0.2, 0.25) is 0 Å². The Morgan fingerprint density at radius 2 is 1.78 bits per heavy atom. The van der Waals surface area contributed by atoms with Crippen LogP contribution in [0.3, 0.4) is 0 Å². The maximum absolute atomic E-state index is 11.8. The van der Waals surface area contributed by atoms with Crippen LogP contribution in [0.25, 0.3) is 0 Å². The zero-order chi connectivity index (χ0) is 17.5. The summed E-state index contributed by atoms with van der Waals surface area (Å²) in [5, 5.41) is 2.68. The molecule has 0 aliphatic carbocycles. The molecule has 0 aliphatic rings. The first-order chi connectivity index (χ1) is 10.7. The van der Waals surface area contributed by atoms with E-state index in [1.54, 1.807) is 13.8 Å². The second kappa shape index (κ2) is 8.91. The third-order valence-electron chi connectivity index (χ3n) is 3.50. The van der Waals surface area contributed by atoms with Gasteiger partial charge in [-0.3, -0.25) is 4.79 Å². The van der Waals surface area contributed by atoms with Crippen LogP contribution in [0.15, 0.2) is 24.3 Å². The number of carbonyl (C=O) groups is 1. The highest BCUT2D eigenvalue weighted by Crippen LogP contribution is 2.18. The Labute approximate surface area is 139 Å². The first kappa shape index (κ1) is 19.5. The second-order valence-corrected chi connectivity index (χ2v) is 8.39. The minimum atomic E-state index is -3.09. The fraction of sp³-hybridized carbons (Fsp3) is 0.588. The van der Waals surface area contributed by atoms with Gasteiger partial charge in [0.1, 0.15) is 5.75 Å². The third-order valence-corrected chi connectivity index (χ3v) is 5.38. The Hall–Kier alpha value is -1.56. The third kappa shape index (κ3) is 7.50. The molecule has 0 aromatic heterocycles. The van der Waals surface area contributed by atoms with E-state index in [1.165, 1.54) is 5.56 Å². The number of amides is 1. The van der Waals surface area contributed by atoms with Gasteiger partial charge in [-0.2, -0.15) is 0 Å². The van der Waals surface area contributed by atoms with Crippen LogP contribution < -0.4 is 10.1 Å². The van der Waals surface area contributed by atoms with Crippen molar-refractivity contribution in [3.63, 3.8) is 0 Å². The number of hydrogen-bond donors (Lipinski definition) is 1. The molecule has 1 rings (SSSR count). The topological polar surface area (TPSA) is 72.5 Å². The molecule has 0 radical (unpaired) electrons. The summed E-state index contributed by atoms with van der Waals surface area (Å²) in [6.45, 7) is 7.80. The largest absolute Gasteiger partial charge is 0.493 e. The van der Waals surface area contributed by atoms with Gasteiger partial charge in [0.25, 0.3) is 0 Å². The summed E-state index contributed by atoms with van der Waals surface area (Å²) >= 11 is 0. The van der Waals surface area contributed by atoms with E-state index in [0.29, 0.717) is 5.92 Å². The second-order valence-electron chi connectivity index (χ2n) is 5.99. The number of rotatable bonds is 9. The van der Waals surface area contributed by atoms with Crippen molar-refractivity contribution in [2.75, 3.05) is 18.1 Å². The van der Waals surface area contributed by atoms with E-state index in [2.05, 4.69) is 19.2 Å². The van der Waals surface area contributed by atoms with Crippen molar-refractivity contribution >= 4 is 15.7 Å². The standard InChI is InChI=1S/C17H27NO4S/c1-5-23(20,21)12-14(4)18-17(19)10-11-22-16-8-6-15(7-9-16)13(2)3/h6-9,13-14H,5,10-12H2,1-4H3,(H,18,19). The minimum Gasteiger partial charge on any atom is -0.493 e. The highest BCUT2D eigenvalue weighted by molar-refractivity contribution is 7.91. The SMILES string of the molecule is CCS(=O)(=O)CC(C)NC(=O)CCOc1ccc(C(C)C)cc1. The lowest BCUT2D eigenvalue weighted by molar-refractivity contribution is -0.122. The zero-order valence-electron chi connectivity index (χ0n) is 14.3. The molecule has 23 heavy (non-hydrogen) atoms. The fourth-order valence-corrected chi connectivity index (χ4v) is 3.18. The molecule has 1 aromatic rings. The first-order valence-corrected chi connectivity index (χ1v) is 9.78. The van der Waals surface area contributed by atoms with Gasteiger partial charge in [0, 0.05) is 11.8 Å². The van der Waals surface area contributed by atoms with E-state index in [1.807, 2.05) is 24.3 Å². The van der Waals surface area contributed by atoms with Gasteiger partial charge in [0.05, 0.1) is 18.8 Å². The molecule has 0 bridgehead atoms. The Balaban J connectivity index is 2.33. The number of hydrogen-bond acceptors (Lipinski definition) is 4. The molecule has 0 aliphatic heterocycles. The van der Waals surface area contributed by atoms with Crippen molar-refractivity contribution in [2.45, 2.75) is 46.1 Å². The van der Waals surface area contributed by atoms with Gasteiger partial charge in [0.15, 0.2) is 9.84 Å². The maximum Gasteiger partial charge on any atom is 0.223 e. The predicted molar refractivity (Wildman–Crippen MR) is 92.6 cm³/mol. The van der Waals surface area contributed by atoms with Crippen LogP contribution in [0, 0.1) is 0 Å². The Kier molecular flexibility index (Phi) is 7.55. The van der Waals surface area contributed by atoms with Crippen LogP contribution in [0.5, 0.6) is 5.75 Å². The van der Waals surface area contributed by atoms with Crippen molar-refractivity contribution in [3.05, 3.63) is 29.8 Å². The average molecular weight is 341 g/mol. The molecule has 0 heterocycles. The molecular formula is C17H27NO4S. The molecule has 0 saturated carbocycles. The van der Waals surface area contributed by atoms with Gasteiger partial charge in [-0.05, 0) is 30.5 Å². The minimum absolute atomic E-state index is 0.0350. The van der Waals surface area contributed by atoms with E-state index >= 15 is 0 Å². The summed E-state index contributed by atoms with van der Waals surface area (Å²) in [4.78, 5) is 11.8. The van der Waals surface area contributed by atoms with Crippen molar-refractivity contribution < 1.29 is 17.9 Å². The van der Waals surface area contributed by atoms with Gasteiger partial charge >= 0.3 is 0 Å². The van der Waals surface area contributed by atoms with Crippen LogP contribution >= 0.6 is 0 Å². The molecular weight excluding hydrogens is 314 g/mol. The molecule has 1 N–H and O–H groups in total. The van der Waals surface area contributed by atoms with Crippen LogP contribution in [-0.4, -0.2) is 38.5 Å². The number of carbonyl (C=O) groups excluding carboxylic acids is 1. The maximum atomic E-state index is 11.8. The van der Waals surface area contributed by atoms with E-state index in [4.69, 9.17) is 4.74 Å².